The van der Waals surface area contributed by atoms with Crippen molar-refractivity contribution in [1.29, 1.82) is 5.26 Å². The van der Waals surface area contributed by atoms with Gasteiger partial charge < -0.3 is 4.98 Å². The van der Waals surface area contributed by atoms with E-state index in [4.69, 9.17) is 5.26 Å². The number of nitrogens with zero attached hydrogens (tertiary/aromatic N) is 1. The minimum atomic E-state index is 0.691. The van der Waals surface area contributed by atoms with Crippen molar-refractivity contribution >= 4 is 10.9 Å². The molecule has 0 spiro atoms. The summed E-state index contributed by atoms with van der Waals surface area (Å²) in [6.07, 6.45) is 0. The fourth-order valence-electron chi connectivity index (χ4n) is 1.98. The summed E-state index contributed by atoms with van der Waals surface area (Å²) in [6.45, 7) is 0. The quantitative estimate of drug-likeness (QED) is 0.664. The zero-order valence-corrected chi connectivity index (χ0v) is 9.14. The van der Waals surface area contributed by atoms with E-state index in [0.29, 0.717) is 5.56 Å². The number of hydrogen-bond acceptors (Lipinski definition) is 1. The average molecular weight is 218 g/mol. The summed E-state index contributed by atoms with van der Waals surface area (Å²) in [7, 11) is 0. The Kier molecular flexibility index (Phi) is 2.16. The Morgan fingerprint density at radius 2 is 1.76 bits per heavy atom. The van der Waals surface area contributed by atoms with Gasteiger partial charge in [-0.3, -0.25) is 0 Å². The summed E-state index contributed by atoms with van der Waals surface area (Å²) >= 11 is 0. The zero-order valence-electron chi connectivity index (χ0n) is 9.14. The van der Waals surface area contributed by atoms with Crippen molar-refractivity contribution in [3.05, 3.63) is 60.2 Å². The largest absolute Gasteiger partial charge is 0.355 e. The molecule has 0 saturated heterocycles. The molecule has 2 heteroatoms. The fraction of sp³-hybridized carbons (Fsp3) is 0. The van der Waals surface area contributed by atoms with Crippen LogP contribution in [0.5, 0.6) is 0 Å². The number of aromatic amines is 1. The third-order valence-corrected chi connectivity index (χ3v) is 2.83. The molecule has 1 heterocycles. The Balaban J connectivity index is 2.18. The topological polar surface area (TPSA) is 39.6 Å². The van der Waals surface area contributed by atoms with Gasteiger partial charge in [-0.15, -0.1) is 0 Å². The van der Waals surface area contributed by atoms with Crippen LogP contribution >= 0.6 is 0 Å². The zero-order chi connectivity index (χ0) is 11.7. The number of hydrogen-bond donors (Lipinski definition) is 1. The van der Waals surface area contributed by atoms with Crippen molar-refractivity contribution in [2.75, 3.05) is 0 Å². The number of nitrogens with one attached hydrogen (secondary N) is 1. The standard InChI is InChI=1S/C15H10N2/c16-10-11-6-7-14-13(8-11)9-15(17-14)12-4-2-1-3-5-12/h1-9,17H. The minimum absolute atomic E-state index is 0.691. The van der Waals surface area contributed by atoms with E-state index >= 15 is 0 Å². The Labute approximate surface area is 99.1 Å². The number of rotatable bonds is 1. The van der Waals surface area contributed by atoms with E-state index in [9.17, 15) is 0 Å². The fourth-order valence-corrected chi connectivity index (χ4v) is 1.98. The molecule has 80 valence electrons. The summed E-state index contributed by atoms with van der Waals surface area (Å²) in [5, 5.41) is 9.93. The van der Waals surface area contributed by atoms with Crippen LogP contribution in [0.4, 0.5) is 0 Å². The van der Waals surface area contributed by atoms with Gasteiger partial charge in [0.05, 0.1) is 11.6 Å². The van der Waals surface area contributed by atoms with Gasteiger partial charge in [0.25, 0.3) is 0 Å². The van der Waals surface area contributed by atoms with Gasteiger partial charge in [0.2, 0.25) is 0 Å². The first-order chi connectivity index (χ1) is 8.36. The second-order valence-corrected chi connectivity index (χ2v) is 3.96. The smallest absolute Gasteiger partial charge is 0.0991 e. The average Bonchev–Trinajstić information content (AvgIpc) is 2.82. The van der Waals surface area contributed by atoms with Crippen molar-refractivity contribution in [2.45, 2.75) is 0 Å². The van der Waals surface area contributed by atoms with Gasteiger partial charge in [-0.05, 0) is 29.8 Å². The summed E-state index contributed by atoms with van der Waals surface area (Å²) in [5.74, 6) is 0. The molecule has 0 unspecified atom stereocenters. The van der Waals surface area contributed by atoms with Gasteiger partial charge in [0.15, 0.2) is 0 Å². The molecule has 0 bridgehead atoms. The number of aromatic nitrogens is 1. The Bertz CT molecular complexity index is 703. The number of fused-ring (bicyclic) bond motifs is 1. The normalized spacial score (nSPS) is 10.3. The molecule has 0 aliphatic heterocycles. The molecule has 3 aromatic rings. The van der Waals surface area contributed by atoms with Gasteiger partial charge in [0, 0.05) is 16.6 Å². The van der Waals surface area contributed by atoms with Gasteiger partial charge in [-0.25, -0.2) is 0 Å². The number of benzene rings is 2. The van der Waals surface area contributed by atoms with E-state index in [2.05, 4.69) is 29.3 Å². The van der Waals surface area contributed by atoms with E-state index in [0.717, 1.165) is 22.2 Å². The molecule has 0 aliphatic carbocycles. The Morgan fingerprint density at radius 3 is 2.53 bits per heavy atom. The molecular weight excluding hydrogens is 208 g/mol. The highest BCUT2D eigenvalue weighted by molar-refractivity contribution is 5.86. The van der Waals surface area contributed by atoms with Crippen molar-refractivity contribution in [1.82, 2.24) is 4.98 Å². The SMILES string of the molecule is N#Cc1ccc2[nH]c(-c3ccccc3)cc2c1. The van der Waals surface area contributed by atoms with E-state index in [1.165, 1.54) is 0 Å². The highest BCUT2D eigenvalue weighted by Gasteiger charge is 2.03. The molecule has 0 aliphatic rings. The van der Waals surface area contributed by atoms with Crippen molar-refractivity contribution in [2.24, 2.45) is 0 Å². The van der Waals surface area contributed by atoms with Crippen molar-refractivity contribution < 1.29 is 0 Å². The van der Waals surface area contributed by atoms with E-state index in [-0.39, 0.29) is 0 Å². The molecule has 1 N–H and O–H groups in total. The lowest BCUT2D eigenvalue weighted by Crippen LogP contribution is -1.74. The Morgan fingerprint density at radius 1 is 0.941 bits per heavy atom. The predicted molar refractivity (Wildman–Crippen MR) is 68.4 cm³/mol. The van der Waals surface area contributed by atoms with Crippen molar-refractivity contribution in [3.8, 4) is 17.3 Å². The van der Waals surface area contributed by atoms with Crippen LogP contribution in [0.15, 0.2) is 54.6 Å². The molecule has 17 heavy (non-hydrogen) atoms. The molecular formula is C15H10N2. The third-order valence-electron chi connectivity index (χ3n) is 2.83. The summed E-state index contributed by atoms with van der Waals surface area (Å²) in [5.41, 5.74) is 3.98. The van der Waals surface area contributed by atoms with Crippen LogP contribution in [0.1, 0.15) is 5.56 Å². The lowest BCUT2D eigenvalue weighted by molar-refractivity contribution is 1.45. The maximum Gasteiger partial charge on any atom is 0.0991 e. The molecule has 3 rings (SSSR count). The minimum Gasteiger partial charge on any atom is -0.355 e. The van der Waals surface area contributed by atoms with Gasteiger partial charge in [0.1, 0.15) is 0 Å². The highest BCUT2D eigenvalue weighted by atomic mass is 14.7. The lowest BCUT2D eigenvalue weighted by Gasteiger charge is -1.94. The predicted octanol–water partition coefficient (Wildman–Crippen LogP) is 3.71. The second-order valence-electron chi connectivity index (χ2n) is 3.96. The summed E-state index contributed by atoms with van der Waals surface area (Å²) < 4.78 is 0. The maximum absolute atomic E-state index is 8.86. The highest BCUT2D eigenvalue weighted by Crippen LogP contribution is 2.24. The molecule has 0 radical (unpaired) electrons. The van der Waals surface area contributed by atoms with E-state index in [1.807, 2.05) is 36.4 Å². The first kappa shape index (κ1) is 9.68. The van der Waals surface area contributed by atoms with Crippen LogP contribution < -0.4 is 0 Å². The first-order valence-electron chi connectivity index (χ1n) is 5.45. The van der Waals surface area contributed by atoms with E-state index in [1.54, 1.807) is 0 Å². The Hall–Kier alpha value is -2.53. The molecule has 0 saturated carbocycles. The van der Waals surface area contributed by atoms with Crippen LogP contribution in [-0.4, -0.2) is 4.98 Å². The molecule has 0 atom stereocenters. The van der Waals surface area contributed by atoms with Crippen LogP contribution in [-0.2, 0) is 0 Å². The first-order valence-corrected chi connectivity index (χ1v) is 5.45. The van der Waals surface area contributed by atoms with Gasteiger partial charge >= 0.3 is 0 Å². The van der Waals surface area contributed by atoms with Crippen molar-refractivity contribution in [3.63, 3.8) is 0 Å². The molecule has 0 amide bonds. The van der Waals surface area contributed by atoms with E-state index < -0.39 is 0 Å². The molecule has 2 aromatic carbocycles. The van der Waals surface area contributed by atoms with Crippen LogP contribution in [0, 0.1) is 11.3 Å². The van der Waals surface area contributed by atoms with Crippen LogP contribution in [0.2, 0.25) is 0 Å². The van der Waals surface area contributed by atoms with Crippen LogP contribution in [0.3, 0.4) is 0 Å². The van der Waals surface area contributed by atoms with Gasteiger partial charge in [-0.2, -0.15) is 5.26 Å². The summed E-state index contributed by atoms with van der Waals surface area (Å²) in [6, 6.07) is 20.1. The monoisotopic (exact) mass is 218 g/mol. The molecule has 2 nitrogen and oxygen atoms in total. The van der Waals surface area contributed by atoms with Crippen LogP contribution in [0.25, 0.3) is 22.2 Å². The maximum atomic E-state index is 8.86. The second kappa shape index (κ2) is 3.80. The summed E-state index contributed by atoms with van der Waals surface area (Å²) in [4.78, 5) is 3.35. The lowest BCUT2D eigenvalue weighted by atomic mass is 10.1. The molecule has 0 fully saturated rings. The number of nitriles is 1. The third kappa shape index (κ3) is 1.68. The number of H-pyrrole nitrogens is 1. The molecule has 1 aromatic heterocycles. The van der Waals surface area contributed by atoms with Gasteiger partial charge in [-0.1, -0.05) is 30.3 Å².